The largest absolute Gasteiger partial charge is 0.228 e. The Morgan fingerprint density at radius 2 is 2.08 bits per heavy atom. The maximum absolute atomic E-state index is 11.2. The lowest BCUT2D eigenvalue weighted by Crippen LogP contribution is -2.08. The van der Waals surface area contributed by atoms with Gasteiger partial charge in [-0.2, -0.15) is 0 Å². The lowest BCUT2D eigenvalue weighted by molar-refractivity contribution is 0.594. The summed E-state index contributed by atoms with van der Waals surface area (Å²) in [6, 6.07) is 0. The normalized spacial score (nSPS) is 10.8. The third-order valence-corrected chi connectivity index (χ3v) is 3.13. The van der Waals surface area contributed by atoms with Crippen LogP contribution in [0.2, 0.25) is 0 Å². The van der Waals surface area contributed by atoms with Gasteiger partial charge in [0.05, 0.1) is 11.5 Å². The van der Waals surface area contributed by atoms with Crippen LogP contribution < -0.4 is 0 Å². The monoisotopic (exact) mass is 188 g/mol. The van der Waals surface area contributed by atoms with Crippen LogP contribution in [0.3, 0.4) is 0 Å². The highest BCUT2D eigenvalue weighted by atomic mass is 32.2. The summed E-state index contributed by atoms with van der Waals surface area (Å²) in [5, 5.41) is 0. The molecule has 0 radical (unpaired) electrons. The lowest BCUT2D eigenvalue weighted by atomic mass is 10.3. The molecule has 0 aromatic heterocycles. The summed E-state index contributed by atoms with van der Waals surface area (Å²) in [6.07, 6.45) is 4.26. The molecule has 0 amide bonds. The van der Waals surface area contributed by atoms with Crippen LogP contribution >= 0.6 is 0 Å². The first-order chi connectivity index (χ1) is 5.62. The molecular formula is C9H16O2S. The van der Waals surface area contributed by atoms with Crippen molar-refractivity contribution in [1.82, 2.24) is 0 Å². The minimum Gasteiger partial charge on any atom is -0.228 e. The zero-order valence-electron chi connectivity index (χ0n) is 7.54. The van der Waals surface area contributed by atoms with E-state index in [4.69, 9.17) is 0 Å². The molecule has 0 fully saturated rings. The van der Waals surface area contributed by atoms with Crippen molar-refractivity contribution in [2.45, 2.75) is 26.2 Å². The molecule has 0 saturated heterocycles. The summed E-state index contributed by atoms with van der Waals surface area (Å²) < 4.78 is 22.3. The maximum atomic E-state index is 11.2. The molecule has 0 aromatic rings. The van der Waals surface area contributed by atoms with E-state index in [0.717, 1.165) is 19.3 Å². The third kappa shape index (κ3) is 6.20. The molecule has 0 rings (SSSR count). The van der Waals surface area contributed by atoms with Crippen LogP contribution in [0.15, 0.2) is 18.4 Å². The van der Waals surface area contributed by atoms with Gasteiger partial charge in [0.1, 0.15) is 0 Å². The smallest absolute Gasteiger partial charge is 0.154 e. The maximum Gasteiger partial charge on any atom is 0.154 e. The SMILES string of the molecule is C=C=CCS(=O)(=O)CCCCC. The van der Waals surface area contributed by atoms with E-state index in [-0.39, 0.29) is 5.75 Å². The van der Waals surface area contributed by atoms with Crippen molar-refractivity contribution in [1.29, 1.82) is 0 Å². The number of hydrogen-bond donors (Lipinski definition) is 0. The van der Waals surface area contributed by atoms with Gasteiger partial charge in [-0.1, -0.05) is 26.3 Å². The molecule has 0 aliphatic carbocycles. The Labute approximate surface area is 74.9 Å². The second kappa shape index (κ2) is 6.04. The van der Waals surface area contributed by atoms with E-state index in [2.05, 4.69) is 19.2 Å². The molecule has 2 nitrogen and oxygen atoms in total. The van der Waals surface area contributed by atoms with Crippen molar-refractivity contribution in [3.63, 3.8) is 0 Å². The summed E-state index contributed by atoms with van der Waals surface area (Å²) in [4.78, 5) is 0. The van der Waals surface area contributed by atoms with E-state index in [0.29, 0.717) is 5.75 Å². The summed E-state index contributed by atoms with van der Waals surface area (Å²) >= 11 is 0. The van der Waals surface area contributed by atoms with Gasteiger partial charge in [-0.25, -0.2) is 8.42 Å². The summed E-state index contributed by atoms with van der Waals surface area (Å²) in [5.74, 6) is 0.374. The Kier molecular flexibility index (Phi) is 5.77. The third-order valence-electron chi connectivity index (χ3n) is 1.54. The standard InChI is InChI=1S/C9H16O2S/c1-3-5-7-9-12(10,11)8-6-4-2/h6H,2-3,5,7-9H2,1H3. The molecule has 0 unspecified atom stereocenters. The number of rotatable bonds is 6. The van der Waals surface area contributed by atoms with Crippen LogP contribution in [0.5, 0.6) is 0 Å². The van der Waals surface area contributed by atoms with Crippen LogP contribution in [0.4, 0.5) is 0 Å². The summed E-state index contributed by atoms with van der Waals surface area (Å²) in [6.45, 7) is 5.37. The van der Waals surface area contributed by atoms with Gasteiger partial charge in [-0.05, 0) is 12.5 Å². The van der Waals surface area contributed by atoms with Gasteiger partial charge in [0.2, 0.25) is 0 Å². The molecule has 3 heteroatoms. The zero-order valence-corrected chi connectivity index (χ0v) is 8.36. The van der Waals surface area contributed by atoms with Crippen molar-refractivity contribution in [3.05, 3.63) is 18.4 Å². The van der Waals surface area contributed by atoms with E-state index in [9.17, 15) is 8.42 Å². The molecule has 0 aliphatic rings. The molecule has 0 aliphatic heterocycles. The van der Waals surface area contributed by atoms with Gasteiger partial charge >= 0.3 is 0 Å². The fourth-order valence-corrected chi connectivity index (χ4v) is 2.02. The quantitative estimate of drug-likeness (QED) is 0.471. The molecule has 0 aromatic carbocycles. The van der Waals surface area contributed by atoms with Crippen molar-refractivity contribution >= 4 is 9.84 Å². The van der Waals surface area contributed by atoms with E-state index in [1.165, 1.54) is 6.08 Å². The van der Waals surface area contributed by atoms with Crippen molar-refractivity contribution in [3.8, 4) is 0 Å². The van der Waals surface area contributed by atoms with Gasteiger partial charge in [0.15, 0.2) is 9.84 Å². The molecule has 0 heterocycles. The summed E-state index contributed by atoms with van der Waals surface area (Å²) in [7, 11) is -2.87. The first-order valence-corrected chi connectivity index (χ1v) is 5.99. The first kappa shape index (κ1) is 11.5. The average Bonchev–Trinajstić information content (AvgIpc) is 2.01. The Hall–Kier alpha value is -0.530. The topological polar surface area (TPSA) is 34.1 Å². The van der Waals surface area contributed by atoms with Crippen molar-refractivity contribution in [2.75, 3.05) is 11.5 Å². The Bertz CT molecular complexity index is 246. The Balaban J connectivity index is 3.80. The van der Waals surface area contributed by atoms with Crippen LogP contribution in [-0.4, -0.2) is 19.9 Å². The van der Waals surface area contributed by atoms with E-state index in [1.807, 2.05) is 0 Å². The minimum atomic E-state index is -2.87. The highest BCUT2D eigenvalue weighted by molar-refractivity contribution is 7.91. The predicted octanol–water partition coefficient (Wildman–Crippen LogP) is 1.93. The molecule has 0 atom stereocenters. The molecule has 0 spiro atoms. The fourth-order valence-electron chi connectivity index (χ4n) is 0.841. The van der Waals surface area contributed by atoms with Gasteiger partial charge in [0, 0.05) is 0 Å². The number of sulfone groups is 1. The number of hydrogen-bond acceptors (Lipinski definition) is 2. The first-order valence-electron chi connectivity index (χ1n) is 4.17. The van der Waals surface area contributed by atoms with Gasteiger partial charge in [0.25, 0.3) is 0 Å². The van der Waals surface area contributed by atoms with Crippen LogP contribution in [0, 0.1) is 0 Å². The molecule has 0 N–H and O–H groups in total. The lowest BCUT2D eigenvalue weighted by Gasteiger charge is -1.98. The van der Waals surface area contributed by atoms with Crippen LogP contribution in [-0.2, 0) is 9.84 Å². The fraction of sp³-hybridized carbons (Fsp3) is 0.667. The van der Waals surface area contributed by atoms with Gasteiger partial charge < -0.3 is 0 Å². The van der Waals surface area contributed by atoms with Crippen molar-refractivity contribution in [2.24, 2.45) is 0 Å². The minimum absolute atomic E-state index is 0.0835. The molecule has 70 valence electrons. The van der Waals surface area contributed by atoms with E-state index in [1.54, 1.807) is 0 Å². The second-order valence-corrected chi connectivity index (χ2v) is 4.96. The highest BCUT2D eigenvalue weighted by Gasteiger charge is 2.06. The summed E-state index contributed by atoms with van der Waals surface area (Å²) in [5.41, 5.74) is 2.46. The number of unbranched alkanes of at least 4 members (excludes halogenated alkanes) is 2. The van der Waals surface area contributed by atoms with Gasteiger partial charge in [-0.15, -0.1) is 5.73 Å². The Morgan fingerprint density at radius 1 is 1.42 bits per heavy atom. The molecule has 12 heavy (non-hydrogen) atoms. The highest BCUT2D eigenvalue weighted by Crippen LogP contribution is 2.00. The van der Waals surface area contributed by atoms with E-state index < -0.39 is 9.84 Å². The van der Waals surface area contributed by atoms with Crippen molar-refractivity contribution < 1.29 is 8.42 Å². The average molecular weight is 188 g/mol. The van der Waals surface area contributed by atoms with E-state index >= 15 is 0 Å². The predicted molar refractivity (Wildman–Crippen MR) is 51.9 cm³/mol. The van der Waals surface area contributed by atoms with Crippen LogP contribution in [0.25, 0.3) is 0 Å². The molecular weight excluding hydrogens is 172 g/mol. The molecule has 0 saturated carbocycles. The van der Waals surface area contributed by atoms with Gasteiger partial charge in [-0.3, -0.25) is 0 Å². The molecule has 0 bridgehead atoms. The van der Waals surface area contributed by atoms with Crippen LogP contribution in [0.1, 0.15) is 26.2 Å². The Morgan fingerprint density at radius 3 is 2.58 bits per heavy atom. The zero-order chi connectivity index (χ0) is 9.45. The second-order valence-electron chi connectivity index (χ2n) is 2.73.